The topological polar surface area (TPSA) is 63.4 Å². The molecule has 5 nitrogen and oxygen atoms in total. The number of nitro groups is 1. The number of carbonyl (C=O) groups excluding carboxylic acids is 1. The van der Waals surface area contributed by atoms with Crippen molar-refractivity contribution in [1.82, 2.24) is 0 Å². The molecule has 0 aliphatic carbocycles. The monoisotopic (exact) mass is 368 g/mol. The Balaban J connectivity index is 2.00. The molecule has 1 atom stereocenters. The van der Waals surface area contributed by atoms with Gasteiger partial charge < -0.3 is 0 Å². The van der Waals surface area contributed by atoms with Crippen molar-refractivity contribution in [2.45, 2.75) is 5.37 Å². The predicted molar refractivity (Wildman–Crippen MR) is 92.2 cm³/mol. The number of non-ortho nitro benzene ring substituents is 1. The van der Waals surface area contributed by atoms with E-state index in [9.17, 15) is 14.9 Å². The summed E-state index contributed by atoms with van der Waals surface area (Å²) >= 11 is 13.7. The fraction of sp³-hybridized carbons (Fsp3) is 0.133. The van der Waals surface area contributed by atoms with E-state index in [1.54, 1.807) is 35.2 Å². The number of rotatable bonds is 3. The van der Waals surface area contributed by atoms with Crippen LogP contribution in [0.15, 0.2) is 42.5 Å². The Morgan fingerprint density at radius 1 is 1.17 bits per heavy atom. The van der Waals surface area contributed by atoms with Gasteiger partial charge >= 0.3 is 0 Å². The van der Waals surface area contributed by atoms with Gasteiger partial charge in [-0.3, -0.25) is 19.8 Å². The third-order valence-electron chi connectivity index (χ3n) is 3.45. The molecule has 0 aromatic heterocycles. The Bertz CT molecular complexity index is 783. The van der Waals surface area contributed by atoms with Crippen LogP contribution in [0.5, 0.6) is 0 Å². The zero-order chi connectivity index (χ0) is 16.6. The summed E-state index contributed by atoms with van der Waals surface area (Å²) < 4.78 is 0. The zero-order valence-corrected chi connectivity index (χ0v) is 13.9. The maximum atomic E-state index is 12.3. The van der Waals surface area contributed by atoms with Crippen molar-refractivity contribution in [3.63, 3.8) is 0 Å². The highest BCUT2D eigenvalue weighted by Gasteiger charge is 2.35. The number of hydrogen-bond acceptors (Lipinski definition) is 4. The third-order valence-corrected chi connectivity index (χ3v) is 5.47. The lowest BCUT2D eigenvalue weighted by atomic mass is 10.1. The van der Waals surface area contributed by atoms with E-state index in [2.05, 4.69) is 0 Å². The zero-order valence-electron chi connectivity index (χ0n) is 11.6. The van der Waals surface area contributed by atoms with Gasteiger partial charge in [-0.25, -0.2) is 0 Å². The molecular formula is C15H10Cl2N2O3S. The van der Waals surface area contributed by atoms with Crippen molar-refractivity contribution in [2.75, 3.05) is 10.7 Å². The summed E-state index contributed by atoms with van der Waals surface area (Å²) in [6.07, 6.45) is 0. The van der Waals surface area contributed by atoms with Crippen molar-refractivity contribution >= 4 is 52.2 Å². The molecule has 0 saturated carbocycles. The van der Waals surface area contributed by atoms with Crippen LogP contribution in [0.3, 0.4) is 0 Å². The molecule has 118 valence electrons. The molecule has 2 aromatic carbocycles. The van der Waals surface area contributed by atoms with Gasteiger partial charge in [-0.2, -0.15) is 0 Å². The van der Waals surface area contributed by atoms with Crippen molar-refractivity contribution in [3.8, 4) is 0 Å². The van der Waals surface area contributed by atoms with Gasteiger partial charge in [0.05, 0.1) is 26.4 Å². The lowest BCUT2D eigenvalue weighted by molar-refractivity contribution is -0.384. The molecule has 1 heterocycles. The Morgan fingerprint density at radius 3 is 2.52 bits per heavy atom. The van der Waals surface area contributed by atoms with Gasteiger partial charge in [0.25, 0.3) is 5.69 Å². The first kappa shape index (κ1) is 16.1. The Hall–Kier alpha value is -1.76. The maximum Gasteiger partial charge on any atom is 0.269 e. The highest BCUT2D eigenvalue weighted by Crippen LogP contribution is 2.45. The van der Waals surface area contributed by atoms with E-state index in [1.807, 2.05) is 0 Å². The van der Waals surface area contributed by atoms with Crippen LogP contribution < -0.4 is 4.90 Å². The molecular weight excluding hydrogens is 359 g/mol. The molecule has 1 aliphatic heterocycles. The van der Waals surface area contributed by atoms with Crippen molar-refractivity contribution in [3.05, 3.63) is 68.2 Å². The lowest BCUT2D eigenvalue weighted by Crippen LogP contribution is -2.28. The number of hydrogen-bond donors (Lipinski definition) is 0. The minimum absolute atomic E-state index is 0.00964. The number of thioether (sulfide) groups is 1. The van der Waals surface area contributed by atoms with Gasteiger partial charge in [0.15, 0.2) is 0 Å². The fourth-order valence-corrected chi connectivity index (χ4v) is 3.93. The van der Waals surface area contributed by atoms with Crippen LogP contribution in [0, 0.1) is 10.1 Å². The van der Waals surface area contributed by atoms with E-state index in [4.69, 9.17) is 23.2 Å². The molecule has 2 aromatic rings. The van der Waals surface area contributed by atoms with E-state index in [0.717, 1.165) is 5.56 Å². The summed E-state index contributed by atoms with van der Waals surface area (Å²) in [6.45, 7) is 0. The van der Waals surface area contributed by atoms with E-state index >= 15 is 0 Å². The SMILES string of the molecule is O=C1CS[C@H](c2ccc([N+](=O)[O-])cc2)N1c1cccc(Cl)c1Cl. The van der Waals surface area contributed by atoms with Crippen molar-refractivity contribution in [2.24, 2.45) is 0 Å². The summed E-state index contributed by atoms with van der Waals surface area (Å²) in [5.41, 5.74) is 1.34. The molecule has 0 radical (unpaired) electrons. The highest BCUT2D eigenvalue weighted by molar-refractivity contribution is 8.00. The average Bonchev–Trinajstić information content (AvgIpc) is 2.92. The summed E-state index contributed by atoms with van der Waals surface area (Å²) in [6, 6.07) is 11.3. The van der Waals surface area contributed by atoms with Crippen LogP contribution in [-0.4, -0.2) is 16.6 Å². The number of nitrogens with zero attached hydrogens (tertiary/aromatic N) is 2. The number of halogens is 2. The van der Waals surface area contributed by atoms with Gasteiger partial charge in [0.2, 0.25) is 5.91 Å². The standard InChI is InChI=1S/C15H10Cl2N2O3S/c16-11-2-1-3-12(14(11)17)18-13(20)8-23-15(18)9-4-6-10(7-5-9)19(21)22/h1-7,15H,8H2/t15-/m1/s1. The van der Waals surface area contributed by atoms with Gasteiger partial charge in [-0.1, -0.05) is 29.3 Å². The first-order valence-electron chi connectivity index (χ1n) is 6.61. The molecule has 1 amide bonds. The number of nitro benzene ring substituents is 1. The number of amides is 1. The minimum Gasteiger partial charge on any atom is -0.293 e. The number of benzene rings is 2. The Morgan fingerprint density at radius 2 is 1.87 bits per heavy atom. The second-order valence-electron chi connectivity index (χ2n) is 4.85. The summed E-state index contributed by atoms with van der Waals surface area (Å²) in [7, 11) is 0. The van der Waals surface area contributed by atoms with E-state index < -0.39 is 4.92 Å². The van der Waals surface area contributed by atoms with E-state index in [0.29, 0.717) is 21.5 Å². The molecule has 3 rings (SSSR count). The summed E-state index contributed by atoms with van der Waals surface area (Å²) in [4.78, 5) is 24.2. The normalized spacial score (nSPS) is 17.6. The summed E-state index contributed by atoms with van der Waals surface area (Å²) in [5, 5.41) is 11.2. The third kappa shape index (κ3) is 3.02. The first-order valence-corrected chi connectivity index (χ1v) is 8.41. The van der Waals surface area contributed by atoms with Crippen LogP contribution >= 0.6 is 35.0 Å². The quantitative estimate of drug-likeness (QED) is 0.582. The van der Waals surface area contributed by atoms with Crippen molar-refractivity contribution in [1.29, 1.82) is 0 Å². The van der Waals surface area contributed by atoms with Crippen LogP contribution in [0.2, 0.25) is 10.0 Å². The Labute approximate surface area is 146 Å². The second kappa shape index (κ2) is 6.39. The molecule has 1 aliphatic rings. The molecule has 1 saturated heterocycles. The summed E-state index contributed by atoms with van der Waals surface area (Å²) in [5.74, 6) is 0.229. The molecule has 0 bridgehead atoms. The van der Waals surface area contributed by atoms with Crippen molar-refractivity contribution < 1.29 is 9.72 Å². The molecule has 8 heteroatoms. The predicted octanol–water partition coefficient (Wildman–Crippen LogP) is 4.68. The first-order chi connectivity index (χ1) is 11.0. The molecule has 0 spiro atoms. The van der Waals surface area contributed by atoms with Gasteiger partial charge in [-0.05, 0) is 29.8 Å². The van der Waals surface area contributed by atoms with Gasteiger partial charge in [0, 0.05) is 12.1 Å². The Kier molecular flexibility index (Phi) is 4.48. The highest BCUT2D eigenvalue weighted by atomic mass is 35.5. The minimum atomic E-state index is -0.456. The largest absolute Gasteiger partial charge is 0.293 e. The molecule has 23 heavy (non-hydrogen) atoms. The molecule has 0 unspecified atom stereocenters. The molecule has 1 fully saturated rings. The van der Waals surface area contributed by atoms with E-state index in [1.165, 1.54) is 23.9 Å². The van der Waals surface area contributed by atoms with E-state index in [-0.39, 0.29) is 17.0 Å². The maximum absolute atomic E-state index is 12.3. The van der Waals surface area contributed by atoms with Crippen LogP contribution in [-0.2, 0) is 4.79 Å². The molecule has 0 N–H and O–H groups in total. The van der Waals surface area contributed by atoms with Crippen LogP contribution in [0.25, 0.3) is 0 Å². The second-order valence-corrected chi connectivity index (χ2v) is 6.70. The van der Waals surface area contributed by atoms with Crippen LogP contribution in [0.1, 0.15) is 10.9 Å². The van der Waals surface area contributed by atoms with Gasteiger partial charge in [0.1, 0.15) is 5.37 Å². The lowest BCUT2D eigenvalue weighted by Gasteiger charge is -2.25. The smallest absolute Gasteiger partial charge is 0.269 e. The van der Waals surface area contributed by atoms with Crippen LogP contribution in [0.4, 0.5) is 11.4 Å². The van der Waals surface area contributed by atoms with Gasteiger partial charge in [-0.15, -0.1) is 11.8 Å². The number of anilines is 1. The number of carbonyl (C=O) groups is 1. The average molecular weight is 369 g/mol. The fourth-order valence-electron chi connectivity index (χ4n) is 2.37.